The van der Waals surface area contributed by atoms with E-state index in [1.165, 1.54) is 0 Å². The molecule has 7 nitrogen and oxygen atoms in total. The molecule has 34 heavy (non-hydrogen) atoms. The first kappa shape index (κ1) is 25.3. The highest BCUT2D eigenvalue weighted by Crippen LogP contribution is 2.71. The second kappa shape index (κ2) is 10.1. The maximum absolute atomic E-state index is 13.8. The highest BCUT2D eigenvalue weighted by Gasteiger charge is 2.77. The monoisotopic (exact) mass is 508 g/mol. The number of rotatable bonds is 10. The largest absolute Gasteiger partial charge is 0.466 e. The van der Waals surface area contributed by atoms with E-state index in [9.17, 15) is 14.4 Å². The normalized spacial score (nSPS) is 31.6. The third-order valence-electron chi connectivity index (χ3n) is 7.48. The summed E-state index contributed by atoms with van der Waals surface area (Å²) in [6, 6.07) is 6.25. The second-order valence-corrected chi connectivity index (χ2v) is 12.0. The molecule has 2 bridgehead atoms. The van der Waals surface area contributed by atoms with Crippen molar-refractivity contribution < 1.29 is 24.2 Å². The Morgan fingerprint density at radius 3 is 2.59 bits per heavy atom. The Kier molecular flexibility index (Phi) is 7.50. The summed E-state index contributed by atoms with van der Waals surface area (Å²) in [6.45, 7) is 4.67. The number of anilines is 1. The number of hydrogen-bond donors (Lipinski definition) is 2. The number of likely N-dealkylation sites (tertiary alicyclic amines) is 1. The van der Waals surface area contributed by atoms with Crippen molar-refractivity contribution in [1.29, 1.82) is 0 Å². The van der Waals surface area contributed by atoms with Gasteiger partial charge in [-0.2, -0.15) is 0 Å². The average molecular weight is 509 g/mol. The summed E-state index contributed by atoms with van der Waals surface area (Å²) in [5.74, 6) is -1.79. The van der Waals surface area contributed by atoms with E-state index in [4.69, 9.17) is 21.4 Å². The predicted octanol–water partition coefficient (Wildman–Crippen LogP) is 3.88. The van der Waals surface area contributed by atoms with Crippen LogP contribution in [0.3, 0.4) is 0 Å². The van der Waals surface area contributed by atoms with E-state index in [-0.39, 0.29) is 31.0 Å². The number of nitrogens with zero attached hydrogens (tertiary/aromatic N) is 1. The molecule has 1 aromatic rings. The number of amides is 2. The van der Waals surface area contributed by atoms with Crippen LogP contribution in [-0.2, 0) is 19.1 Å². The number of carbonyl (C=O) groups excluding carboxylic acids is 3. The average Bonchev–Trinajstić information content (AvgIpc) is 3.36. The first-order valence-electron chi connectivity index (χ1n) is 12.1. The van der Waals surface area contributed by atoms with E-state index >= 15 is 0 Å². The Morgan fingerprint density at radius 1 is 1.21 bits per heavy atom. The molecule has 9 heteroatoms. The fourth-order valence-corrected chi connectivity index (χ4v) is 8.52. The number of carbonyl (C=O) groups is 3. The third-order valence-corrected chi connectivity index (χ3v) is 9.72. The molecular weight excluding hydrogens is 476 g/mol. The summed E-state index contributed by atoms with van der Waals surface area (Å²) in [5, 5.41) is 12.6. The van der Waals surface area contributed by atoms with Crippen molar-refractivity contribution >= 4 is 46.8 Å². The van der Waals surface area contributed by atoms with Crippen LogP contribution in [0.5, 0.6) is 0 Å². The Labute approximate surface area is 209 Å². The molecule has 0 aliphatic carbocycles. The van der Waals surface area contributed by atoms with E-state index < -0.39 is 27.4 Å². The van der Waals surface area contributed by atoms with Crippen LogP contribution < -0.4 is 5.32 Å². The van der Waals surface area contributed by atoms with Gasteiger partial charge in [-0.15, -0.1) is 11.8 Å². The lowest BCUT2D eigenvalue weighted by Crippen LogP contribution is -2.51. The molecule has 0 aromatic heterocycles. The van der Waals surface area contributed by atoms with Crippen molar-refractivity contribution in [3.63, 3.8) is 0 Å². The van der Waals surface area contributed by atoms with Gasteiger partial charge in [0.05, 0.1) is 23.2 Å². The van der Waals surface area contributed by atoms with E-state index in [2.05, 4.69) is 5.32 Å². The van der Waals surface area contributed by atoms with Gasteiger partial charge in [-0.05, 0) is 63.8 Å². The molecule has 3 aliphatic heterocycles. The quantitative estimate of drug-likeness (QED) is 0.368. The molecule has 3 fully saturated rings. The molecule has 0 radical (unpaired) electrons. The van der Waals surface area contributed by atoms with Crippen LogP contribution in [-0.4, -0.2) is 63.1 Å². The second-order valence-electron chi connectivity index (χ2n) is 9.65. The number of halogens is 1. The van der Waals surface area contributed by atoms with Crippen LogP contribution >= 0.6 is 23.4 Å². The number of thioether (sulfide) groups is 1. The van der Waals surface area contributed by atoms with Gasteiger partial charge in [0, 0.05) is 28.6 Å². The van der Waals surface area contributed by atoms with E-state index in [0.29, 0.717) is 23.7 Å². The molecule has 2 amide bonds. The van der Waals surface area contributed by atoms with Gasteiger partial charge >= 0.3 is 5.97 Å². The van der Waals surface area contributed by atoms with Crippen LogP contribution in [0.15, 0.2) is 24.3 Å². The van der Waals surface area contributed by atoms with Gasteiger partial charge in [0.2, 0.25) is 11.8 Å². The van der Waals surface area contributed by atoms with Crippen LogP contribution in [0.2, 0.25) is 5.02 Å². The van der Waals surface area contributed by atoms with Gasteiger partial charge in [-0.25, -0.2) is 0 Å². The van der Waals surface area contributed by atoms with Crippen molar-refractivity contribution in [3.8, 4) is 0 Å². The van der Waals surface area contributed by atoms with Gasteiger partial charge in [-0.3, -0.25) is 14.4 Å². The number of nitrogens with one attached hydrogen (secondary N) is 1. The van der Waals surface area contributed by atoms with Crippen molar-refractivity contribution in [2.45, 2.75) is 67.9 Å². The lowest BCUT2D eigenvalue weighted by molar-refractivity contribution is -0.155. The third kappa shape index (κ3) is 4.33. The minimum Gasteiger partial charge on any atom is -0.466 e. The molecule has 1 aromatic carbocycles. The molecule has 2 unspecified atom stereocenters. The summed E-state index contributed by atoms with van der Waals surface area (Å²) >= 11 is 7.63. The van der Waals surface area contributed by atoms with Gasteiger partial charge in [0.1, 0.15) is 6.04 Å². The summed E-state index contributed by atoms with van der Waals surface area (Å²) in [7, 11) is 0. The van der Waals surface area contributed by atoms with E-state index in [1.807, 2.05) is 6.92 Å². The van der Waals surface area contributed by atoms with Crippen LogP contribution in [0.4, 0.5) is 5.69 Å². The Balaban J connectivity index is 1.64. The number of unbranched alkanes of at least 4 members (excludes halogenated alkanes) is 3. The van der Waals surface area contributed by atoms with Gasteiger partial charge in [0.15, 0.2) is 0 Å². The Hall–Kier alpha value is -1.77. The van der Waals surface area contributed by atoms with Crippen LogP contribution in [0.25, 0.3) is 0 Å². The van der Waals surface area contributed by atoms with Crippen molar-refractivity contribution in [2.24, 2.45) is 11.8 Å². The van der Waals surface area contributed by atoms with Gasteiger partial charge < -0.3 is 20.1 Å². The molecule has 3 saturated heterocycles. The first-order chi connectivity index (χ1) is 16.3. The minimum atomic E-state index is -0.662. The number of fused-ring (bicyclic) bond motifs is 1. The van der Waals surface area contributed by atoms with E-state index in [0.717, 1.165) is 32.1 Å². The Morgan fingerprint density at radius 2 is 1.91 bits per heavy atom. The molecule has 186 valence electrons. The van der Waals surface area contributed by atoms with Crippen LogP contribution in [0, 0.1) is 11.8 Å². The number of ether oxygens (including phenoxy) is 1. The van der Waals surface area contributed by atoms with Gasteiger partial charge in [0.25, 0.3) is 0 Å². The molecule has 3 aliphatic rings. The number of aliphatic hydroxyl groups is 1. The predicted molar refractivity (Wildman–Crippen MR) is 133 cm³/mol. The lowest BCUT2D eigenvalue weighted by Gasteiger charge is -2.34. The summed E-state index contributed by atoms with van der Waals surface area (Å²) in [5.41, 5.74) is 0.621. The maximum Gasteiger partial charge on any atom is 0.311 e. The van der Waals surface area contributed by atoms with Gasteiger partial charge in [-0.1, -0.05) is 24.4 Å². The number of hydrogen-bond acceptors (Lipinski definition) is 6. The SMILES string of the molecule is CCOC(=O)[C@@H]1[C@H]2C(=O)N(CCCCCCO)C(C(=O)Nc3ccc(Cl)cc3)C23CC[C@@]1(C)S3. The molecule has 1 spiro atoms. The smallest absolute Gasteiger partial charge is 0.311 e. The molecule has 5 atom stereocenters. The zero-order chi connectivity index (χ0) is 24.5. The number of aliphatic hydroxyl groups excluding tert-OH is 1. The zero-order valence-corrected chi connectivity index (χ0v) is 21.3. The highest BCUT2D eigenvalue weighted by molar-refractivity contribution is 8.02. The molecule has 3 heterocycles. The van der Waals surface area contributed by atoms with Crippen molar-refractivity contribution in [2.75, 3.05) is 25.1 Å². The summed E-state index contributed by atoms with van der Waals surface area (Å²) in [4.78, 5) is 42.3. The first-order valence-corrected chi connectivity index (χ1v) is 13.3. The highest BCUT2D eigenvalue weighted by atomic mass is 35.5. The zero-order valence-electron chi connectivity index (χ0n) is 19.7. The topological polar surface area (TPSA) is 95.9 Å². The Bertz CT molecular complexity index is 944. The van der Waals surface area contributed by atoms with Crippen LogP contribution in [0.1, 0.15) is 52.4 Å². The van der Waals surface area contributed by atoms with E-state index in [1.54, 1.807) is 47.9 Å². The summed E-state index contributed by atoms with van der Waals surface area (Å²) in [6.07, 6.45) is 4.66. The standard InChI is InChI=1S/C25H33ClN2O5S/c1-3-33-23(32)19-18-22(31)28(14-6-4-5-7-15-29)20(25(18)13-12-24(19,2)34-25)21(30)27-17-10-8-16(26)9-11-17/h8-11,18-20,29H,3-7,12-15H2,1-2H3,(H,27,30)/t18-,19-,20?,24+,25?/m0/s1. The maximum atomic E-state index is 13.8. The van der Waals surface area contributed by atoms with Crippen molar-refractivity contribution in [1.82, 2.24) is 4.90 Å². The molecule has 4 rings (SSSR count). The lowest BCUT2D eigenvalue weighted by atomic mass is 9.66. The molecule has 0 saturated carbocycles. The number of esters is 1. The van der Waals surface area contributed by atoms with Crippen molar-refractivity contribution in [3.05, 3.63) is 29.3 Å². The number of benzene rings is 1. The molecular formula is C25H33ClN2O5S. The molecule has 2 N–H and O–H groups in total. The summed E-state index contributed by atoms with van der Waals surface area (Å²) < 4.78 is 4.33. The fourth-order valence-electron chi connectivity index (χ4n) is 6.05. The minimum absolute atomic E-state index is 0.118. The fraction of sp³-hybridized carbons (Fsp3) is 0.640.